The van der Waals surface area contributed by atoms with Crippen LogP contribution in [0.5, 0.6) is 11.5 Å². The maximum absolute atomic E-state index is 13.2. The van der Waals surface area contributed by atoms with Gasteiger partial charge in [-0.05, 0) is 92.3 Å². The minimum absolute atomic E-state index is 0.0343. The number of nitrogens with one attached hydrogen (secondary N) is 2. The van der Waals surface area contributed by atoms with Crippen LogP contribution < -0.4 is 20.1 Å². The molecular weight excluding hydrogens is 741 g/mol. The molecule has 13 nitrogen and oxygen atoms in total. The summed E-state index contributed by atoms with van der Waals surface area (Å²) in [6.45, 7) is 1.17. The van der Waals surface area contributed by atoms with E-state index < -0.39 is 78.3 Å². The molecule has 1 saturated carbocycles. The van der Waals surface area contributed by atoms with Gasteiger partial charge in [-0.2, -0.15) is 13.2 Å². The highest BCUT2D eigenvalue weighted by atomic mass is 19.4. The summed E-state index contributed by atoms with van der Waals surface area (Å²) in [6.07, 6.45) is -2.67. The standard InChI is InChI=1S/C40H41F3N2O11/c1-23(46)35-27(20-33(47)48)19-31(36(35)38(51)52)37(50)45-28-11-10-26(32(21-28)44-2)22-55-34(49)16-7-24-5-8-25(9-6-24)39(53)56-30-14-12-29(13-15-30)54-18-4-3-17-40(41,42)43/h5-16,21,27,31,35-36,44H,3-4,17-20,22H2,1-2H3,(H,45,50)(H,47,48)(H,51,52). The molecule has 1 amide bonds. The fourth-order valence-electron chi connectivity index (χ4n) is 6.50. The van der Waals surface area contributed by atoms with Crippen LogP contribution in [0.4, 0.5) is 24.5 Å². The summed E-state index contributed by atoms with van der Waals surface area (Å²) in [5.41, 5.74) is 2.17. The number of halogens is 3. The number of hydrogen-bond donors (Lipinski definition) is 4. The second kappa shape index (κ2) is 19.4. The molecule has 0 spiro atoms. The van der Waals surface area contributed by atoms with E-state index in [2.05, 4.69) is 10.6 Å². The average molecular weight is 783 g/mol. The molecule has 4 unspecified atom stereocenters. The number of carbonyl (C=O) groups excluding carboxylic acids is 4. The van der Waals surface area contributed by atoms with Gasteiger partial charge in [-0.3, -0.25) is 19.2 Å². The van der Waals surface area contributed by atoms with E-state index in [1.807, 2.05) is 0 Å². The molecule has 4 N–H and O–H groups in total. The van der Waals surface area contributed by atoms with Crippen LogP contribution in [0.1, 0.15) is 60.5 Å². The largest absolute Gasteiger partial charge is 0.494 e. The highest BCUT2D eigenvalue weighted by Gasteiger charge is 2.52. The van der Waals surface area contributed by atoms with Crippen LogP contribution in [0.15, 0.2) is 72.8 Å². The van der Waals surface area contributed by atoms with Crippen molar-refractivity contribution in [3.8, 4) is 11.5 Å². The van der Waals surface area contributed by atoms with Gasteiger partial charge in [-0.1, -0.05) is 18.2 Å². The van der Waals surface area contributed by atoms with E-state index in [0.717, 1.165) is 0 Å². The third-order valence-corrected chi connectivity index (χ3v) is 9.15. The van der Waals surface area contributed by atoms with Crippen LogP contribution in [-0.4, -0.2) is 65.6 Å². The molecule has 1 aliphatic rings. The molecular formula is C40H41F3N2O11. The first-order valence-electron chi connectivity index (χ1n) is 17.6. The van der Waals surface area contributed by atoms with Gasteiger partial charge in [-0.15, -0.1) is 0 Å². The van der Waals surface area contributed by atoms with Crippen LogP contribution in [0, 0.1) is 23.7 Å². The summed E-state index contributed by atoms with van der Waals surface area (Å²) in [5, 5.41) is 24.7. The first-order chi connectivity index (χ1) is 26.5. The van der Waals surface area contributed by atoms with Crippen molar-refractivity contribution in [2.75, 3.05) is 24.3 Å². The number of carbonyl (C=O) groups is 6. The Labute approximate surface area is 319 Å². The predicted octanol–water partition coefficient (Wildman–Crippen LogP) is 6.77. The molecule has 1 fully saturated rings. The van der Waals surface area contributed by atoms with Crippen molar-refractivity contribution in [1.29, 1.82) is 0 Å². The molecule has 0 aromatic heterocycles. The summed E-state index contributed by atoms with van der Waals surface area (Å²) in [5.74, 6) is -8.74. The molecule has 0 heterocycles. The number of rotatable bonds is 18. The lowest BCUT2D eigenvalue weighted by Gasteiger charge is -2.20. The third-order valence-electron chi connectivity index (χ3n) is 9.15. The highest BCUT2D eigenvalue weighted by molar-refractivity contribution is 5.98. The van der Waals surface area contributed by atoms with E-state index in [0.29, 0.717) is 28.3 Å². The molecule has 0 saturated heterocycles. The van der Waals surface area contributed by atoms with Gasteiger partial charge < -0.3 is 35.1 Å². The van der Waals surface area contributed by atoms with E-state index in [-0.39, 0.29) is 43.8 Å². The summed E-state index contributed by atoms with van der Waals surface area (Å²) >= 11 is 0. The lowest BCUT2D eigenvalue weighted by atomic mass is 9.83. The molecule has 0 bridgehead atoms. The molecule has 298 valence electrons. The fourth-order valence-corrected chi connectivity index (χ4v) is 6.50. The number of anilines is 2. The summed E-state index contributed by atoms with van der Waals surface area (Å²) in [7, 11) is 1.61. The Morgan fingerprint density at radius 1 is 0.893 bits per heavy atom. The Hall–Kier alpha value is -6.19. The van der Waals surface area contributed by atoms with Crippen LogP contribution in [0.25, 0.3) is 6.08 Å². The first-order valence-corrected chi connectivity index (χ1v) is 17.6. The van der Waals surface area contributed by atoms with E-state index >= 15 is 0 Å². The quantitative estimate of drug-likeness (QED) is 0.0459. The van der Waals surface area contributed by atoms with Gasteiger partial charge in [-0.25, -0.2) is 9.59 Å². The number of ketones is 1. The number of esters is 2. The average Bonchev–Trinajstić information content (AvgIpc) is 3.53. The van der Waals surface area contributed by atoms with Crippen molar-refractivity contribution < 1.29 is 66.4 Å². The van der Waals surface area contributed by atoms with Gasteiger partial charge >= 0.3 is 30.1 Å². The number of benzene rings is 3. The Kier molecular flexibility index (Phi) is 14.8. The van der Waals surface area contributed by atoms with Gasteiger partial charge in [0.15, 0.2) is 0 Å². The number of hydrogen-bond acceptors (Lipinski definition) is 10. The summed E-state index contributed by atoms with van der Waals surface area (Å²) in [4.78, 5) is 74.1. The Morgan fingerprint density at radius 3 is 2.18 bits per heavy atom. The molecule has 0 aliphatic heterocycles. The summed E-state index contributed by atoms with van der Waals surface area (Å²) < 4.78 is 52.9. The number of carboxylic acids is 2. The molecule has 3 aromatic carbocycles. The van der Waals surface area contributed by atoms with E-state index in [1.165, 1.54) is 49.4 Å². The second-order valence-corrected chi connectivity index (χ2v) is 13.2. The van der Waals surface area contributed by atoms with Crippen molar-refractivity contribution in [1.82, 2.24) is 0 Å². The monoisotopic (exact) mass is 782 g/mol. The van der Waals surface area contributed by atoms with Crippen LogP contribution in [-0.2, 0) is 35.3 Å². The molecule has 1 aliphatic carbocycles. The third kappa shape index (κ3) is 12.4. The minimum atomic E-state index is -4.19. The van der Waals surface area contributed by atoms with Crippen molar-refractivity contribution in [3.63, 3.8) is 0 Å². The number of ether oxygens (including phenoxy) is 3. The molecule has 16 heteroatoms. The van der Waals surface area contributed by atoms with E-state index in [1.54, 1.807) is 43.4 Å². The number of aliphatic carboxylic acids is 2. The highest BCUT2D eigenvalue weighted by Crippen LogP contribution is 2.45. The molecule has 0 radical (unpaired) electrons. The predicted molar refractivity (Wildman–Crippen MR) is 196 cm³/mol. The van der Waals surface area contributed by atoms with Crippen LogP contribution in [0.3, 0.4) is 0 Å². The zero-order valence-electron chi connectivity index (χ0n) is 30.5. The van der Waals surface area contributed by atoms with Crippen molar-refractivity contribution in [2.24, 2.45) is 23.7 Å². The van der Waals surface area contributed by atoms with Crippen LogP contribution >= 0.6 is 0 Å². The van der Waals surface area contributed by atoms with Crippen molar-refractivity contribution in [2.45, 2.75) is 51.8 Å². The van der Waals surface area contributed by atoms with Gasteiger partial charge in [0.05, 0.1) is 24.0 Å². The Morgan fingerprint density at radius 2 is 1.57 bits per heavy atom. The zero-order chi connectivity index (χ0) is 41.0. The van der Waals surface area contributed by atoms with E-state index in [4.69, 9.17) is 14.2 Å². The molecule has 4 rings (SSSR count). The normalized spacial score (nSPS) is 17.9. The topological polar surface area (TPSA) is 195 Å². The van der Waals surface area contributed by atoms with Crippen molar-refractivity contribution in [3.05, 3.63) is 89.5 Å². The smallest absolute Gasteiger partial charge is 0.389 e. The summed E-state index contributed by atoms with van der Waals surface area (Å²) in [6, 6.07) is 17.0. The Bertz CT molecular complexity index is 1930. The molecule has 56 heavy (non-hydrogen) atoms. The van der Waals surface area contributed by atoms with E-state index in [9.17, 15) is 52.2 Å². The number of carboxylic acid groups (broad SMARTS) is 2. The van der Waals surface area contributed by atoms with Gasteiger partial charge in [0, 0.05) is 48.8 Å². The lowest BCUT2D eigenvalue weighted by molar-refractivity contribution is -0.149. The number of unbranched alkanes of at least 4 members (excludes halogenated alkanes) is 1. The van der Waals surface area contributed by atoms with Gasteiger partial charge in [0.25, 0.3) is 0 Å². The second-order valence-electron chi connectivity index (χ2n) is 13.2. The zero-order valence-corrected chi connectivity index (χ0v) is 30.5. The van der Waals surface area contributed by atoms with Crippen LogP contribution in [0.2, 0.25) is 0 Å². The fraction of sp³-hybridized carbons (Fsp3) is 0.350. The number of Topliss-reactive ketones (excluding diaryl/α,β-unsaturated/α-hetero) is 1. The first kappa shape index (κ1) is 42.6. The Balaban J connectivity index is 1.26. The maximum Gasteiger partial charge on any atom is 0.389 e. The minimum Gasteiger partial charge on any atom is -0.494 e. The van der Waals surface area contributed by atoms with Gasteiger partial charge in [0.2, 0.25) is 5.91 Å². The lowest BCUT2D eigenvalue weighted by Crippen LogP contribution is -2.35. The number of alkyl halides is 3. The van der Waals surface area contributed by atoms with Gasteiger partial charge in [0.1, 0.15) is 23.9 Å². The number of amides is 1. The maximum atomic E-state index is 13.2. The molecule has 4 atom stereocenters. The molecule has 3 aromatic rings. The van der Waals surface area contributed by atoms with Crippen molar-refractivity contribution >= 4 is 53.0 Å². The SMILES string of the molecule is CNc1cc(NC(=O)C2CC(CC(=O)O)C(C(C)=O)C2C(=O)O)ccc1COC(=O)C=Cc1ccc(C(=O)Oc2ccc(OCCCCC(F)(F)F)cc2)cc1.